The fourth-order valence-electron chi connectivity index (χ4n) is 2.95. The molecular weight excluding hydrogens is 224 g/mol. The van der Waals surface area contributed by atoms with Gasteiger partial charge in [-0.05, 0) is 46.2 Å². The van der Waals surface area contributed by atoms with E-state index in [4.69, 9.17) is 5.73 Å². The molecule has 2 atom stereocenters. The van der Waals surface area contributed by atoms with E-state index in [2.05, 4.69) is 41.5 Å². The smallest absolute Gasteiger partial charge is 0.0527 e. The zero-order chi connectivity index (χ0) is 13.1. The van der Waals surface area contributed by atoms with Gasteiger partial charge in [-0.15, -0.1) is 0 Å². The lowest BCUT2D eigenvalue weighted by Crippen LogP contribution is -2.48. The average Bonchev–Trinajstić information content (AvgIpc) is 2.77. The first kappa shape index (κ1) is 13.6. The summed E-state index contributed by atoms with van der Waals surface area (Å²) in [6, 6.07) is 3.33. The van der Waals surface area contributed by atoms with E-state index < -0.39 is 0 Å². The van der Waals surface area contributed by atoms with Crippen LogP contribution in [0.1, 0.15) is 51.8 Å². The molecule has 0 radical (unpaired) electrons. The van der Waals surface area contributed by atoms with E-state index in [1.54, 1.807) is 0 Å². The van der Waals surface area contributed by atoms with Crippen LogP contribution in [0.15, 0.2) is 12.3 Å². The Bertz CT molecular complexity index is 370. The summed E-state index contributed by atoms with van der Waals surface area (Å²) in [6.07, 6.45) is 5.73. The van der Waals surface area contributed by atoms with Crippen LogP contribution < -0.4 is 5.73 Å². The zero-order valence-electron chi connectivity index (χ0n) is 11.8. The van der Waals surface area contributed by atoms with Crippen molar-refractivity contribution in [2.45, 2.75) is 64.7 Å². The molecule has 4 nitrogen and oxygen atoms in total. The van der Waals surface area contributed by atoms with Crippen molar-refractivity contribution in [3.05, 3.63) is 18.0 Å². The number of hydrogen-bond acceptors (Lipinski definition) is 3. The van der Waals surface area contributed by atoms with Crippen LogP contribution >= 0.6 is 0 Å². The molecule has 18 heavy (non-hydrogen) atoms. The van der Waals surface area contributed by atoms with Crippen LogP contribution in [0.4, 0.5) is 0 Å². The van der Waals surface area contributed by atoms with Gasteiger partial charge in [0.2, 0.25) is 0 Å². The summed E-state index contributed by atoms with van der Waals surface area (Å²) >= 11 is 0. The molecule has 0 amide bonds. The van der Waals surface area contributed by atoms with Gasteiger partial charge in [0, 0.05) is 30.9 Å². The lowest BCUT2D eigenvalue weighted by atomic mass is 9.97. The summed E-state index contributed by atoms with van der Waals surface area (Å²) in [7, 11) is 0. The summed E-state index contributed by atoms with van der Waals surface area (Å²) in [5.41, 5.74) is 7.42. The molecule has 1 aromatic heterocycles. The Labute approximate surface area is 110 Å². The van der Waals surface area contributed by atoms with Crippen LogP contribution in [0.2, 0.25) is 0 Å². The minimum atomic E-state index is 0.251. The molecule has 2 N–H and O–H groups in total. The standard InChI is InChI=1S/C14H26N4/c1-11(2)18-13(7-8-16-18)10-17-9-5-4-6-14(17)12(3)15/h7-8,11-12,14H,4-6,9-10,15H2,1-3H3. The maximum absolute atomic E-state index is 6.12. The number of rotatable bonds is 4. The van der Waals surface area contributed by atoms with Gasteiger partial charge in [0.25, 0.3) is 0 Å². The Kier molecular flexibility index (Phi) is 4.40. The molecule has 0 aromatic carbocycles. The van der Waals surface area contributed by atoms with Crippen molar-refractivity contribution in [1.82, 2.24) is 14.7 Å². The summed E-state index contributed by atoms with van der Waals surface area (Å²) in [6.45, 7) is 8.62. The Morgan fingerprint density at radius 2 is 2.17 bits per heavy atom. The number of nitrogens with zero attached hydrogens (tertiary/aromatic N) is 3. The SMILES string of the molecule is CC(N)C1CCCCN1Cc1ccnn1C(C)C. The fraction of sp³-hybridized carbons (Fsp3) is 0.786. The van der Waals surface area contributed by atoms with E-state index in [0.29, 0.717) is 12.1 Å². The van der Waals surface area contributed by atoms with Crippen LogP contribution in [-0.4, -0.2) is 33.3 Å². The Balaban J connectivity index is 2.08. The van der Waals surface area contributed by atoms with Crippen molar-refractivity contribution in [2.24, 2.45) is 5.73 Å². The predicted molar refractivity (Wildman–Crippen MR) is 74.3 cm³/mol. The predicted octanol–water partition coefficient (Wildman–Crippen LogP) is 2.17. The Hall–Kier alpha value is -0.870. The summed E-state index contributed by atoms with van der Waals surface area (Å²) in [5, 5.41) is 4.41. The van der Waals surface area contributed by atoms with Crippen molar-refractivity contribution in [1.29, 1.82) is 0 Å². The van der Waals surface area contributed by atoms with Crippen LogP contribution in [0.25, 0.3) is 0 Å². The summed E-state index contributed by atoms with van der Waals surface area (Å²) in [4.78, 5) is 2.53. The monoisotopic (exact) mass is 250 g/mol. The van der Waals surface area contributed by atoms with Crippen molar-refractivity contribution < 1.29 is 0 Å². The van der Waals surface area contributed by atoms with Gasteiger partial charge in [-0.1, -0.05) is 6.42 Å². The highest BCUT2D eigenvalue weighted by atomic mass is 15.3. The molecule has 0 bridgehead atoms. The third kappa shape index (κ3) is 2.93. The molecule has 4 heteroatoms. The first-order valence-electron chi connectivity index (χ1n) is 7.11. The normalized spacial score (nSPS) is 23.5. The lowest BCUT2D eigenvalue weighted by Gasteiger charge is -2.38. The molecule has 1 saturated heterocycles. The van der Waals surface area contributed by atoms with E-state index in [1.807, 2.05) is 6.20 Å². The van der Waals surface area contributed by atoms with Gasteiger partial charge in [0.15, 0.2) is 0 Å². The second kappa shape index (κ2) is 5.85. The first-order valence-corrected chi connectivity index (χ1v) is 7.11. The van der Waals surface area contributed by atoms with E-state index in [-0.39, 0.29) is 6.04 Å². The molecular formula is C14H26N4. The minimum absolute atomic E-state index is 0.251. The van der Waals surface area contributed by atoms with Crippen molar-refractivity contribution in [2.75, 3.05) is 6.54 Å². The molecule has 0 saturated carbocycles. The summed E-state index contributed by atoms with van der Waals surface area (Å²) < 4.78 is 2.12. The molecule has 0 aliphatic carbocycles. The van der Waals surface area contributed by atoms with Gasteiger partial charge in [0.1, 0.15) is 0 Å². The van der Waals surface area contributed by atoms with Gasteiger partial charge in [-0.3, -0.25) is 9.58 Å². The molecule has 2 rings (SSSR count). The van der Waals surface area contributed by atoms with Gasteiger partial charge in [0.05, 0.1) is 5.69 Å². The quantitative estimate of drug-likeness (QED) is 0.891. The minimum Gasteiger partial charge on any atom is -0.327 e. The number of piperidine rings is 1. The fourth-order valence-corrected chi connectivity index (χ4v) is 2.95. The third-order valence-corrected chi connectivity index (χ3v) is 3.88. The second-order valence-corrected chi connectivity index (χ2v) is 5.75. The topological polar surface area (TPSA) is 47.1 Å². The number of hydrogen-bond donors (Lipinski definition) is 1. The molecule has 0 spiro atoms. The molecule has 102 valence electrons. The van der Waals surface area contributed by atoms with E-state index in [1.165, 1.54) is 25.0 Å². The second-order valence-electron chi connectivity index (χ2n) is 5.75. The Morgan fingerprint density at radius 1 is 1.39 bits per heavy atom. The highest BCUT2D eigenvalue weighted by Gasteiger charge is 2.26. The molecule has 1 aliphatic rings. The van der Waals surface area contributed by atoms with Crippen molar-refractivity contribution >= 4 is 0 Å². The van der Waals surface area contributed by atoms with Crippen LogP contribution in [0.3, 0.4) is 0 Å². The third-order valence-electron chi connectivity index (χ3n) is 3.88. The van der Waals surface area contributed by atoms with E-state index >= 15 is 0 Å². The molecule has 1 fully saturated rings. The van der Waals surface area contributed by atoms with Gasteiger partial charge in [-0.25, -0.2) is 0 Å². The van der Waals surface area contributed by atoms with E-state index in [0.717, 1.165) is 13.1 Å². The molecule has 2 unspecified atom stereocenters. The van der Waals surface area contributed by atoms with Crippen LogP contribution in [0.5, 0.6) is 0 Å². The first-order chi connectivity index (χ1) is 8.59. The number of likely N-dealkylation sites (tertiary alicyclic amines) is 1. The summed E-state index contributed by atoms with van der Waals surface area (Å²) in [5.74, 6) is 0. The molecule has 1 aliphatic heterocycles. The van der Waals surface area contributed by atoms with E-state index in [9.17, 15) is 0 Å². The molecule has 2 heterocycles. The van der Waals surface area contributed by atoms with Crippen LogP contribution in [-0.2, 0) is 6.54 Å². The van der Waals surface area contributed by atoms with Crippen LogP contribution in [0, 0.1) is 0 Å². The van der Waals surface area contributed by atoms with Gasteiger partial charge in [-0.2, -0.15) is 5.10 Å². The lowest BCUT2D eigenvalue weighted by molar-refractivity contribution is 0.119. The number of aromatic nitrogens is 2. The largest absolute Gasteiger partial charge is 0.327 e. The zero-order valence-corrected chi connectivity index (χ0v) is 11.8. The van der Waals surface area contributed by atoms with Crippen molar-refractivity contribution in [3.63, 3.8) is 0 Å². The Morgan fingerprint density at radius 3 is 2.83 bits per heavy atom. The van der Waals surface area contributed by atoms with Gasteiger partial charge >= 0.3 is 0 Å². The van der Waals surface area contributed by atoms with Crippen molar-refractivity contribution in [3.8, 4) is 0 Å². The maximum Gasteiger partial charge on any atom is 0.0527 e. The molecule has 1 aromatic rings. The van der Waals surface area contributed by atoms with Gasteiger partial charge < -0.3 is 5.73 Å². The maximum atomic E-state index is 6.12. The number of nitrogens with two attached hydrogens (primary N) is 1. The highest BCUT2D eigenvalue weighted by Crippen LogP contribution is 2.22. The highest BCUT2D eigenvalue weighted by molar-refractivity contribution is 5.02. The average molecular weight is 250 g/mol.